The van der Waals surface area contributed by atoms with Crippen LogP contribution in [0.15, 0.2) is 48.7 Å². The van der Waals surface area contributed by atoms with E-state index in [0.29, 0.717) is 10.6 Å². The summed E-state index contributed by atoms with van der Waals surface area (Å²) in [7, 11) is 0. The lowest BCUT2D eigenvalue weighted by Gasteiger charge is -2.06. The molecule has 1 N–H and O–H groups in total. The highest BCUT2D eigenvalue weighted by Crippen LogP contribution is 2.27. The van der Waals surface area contributed by atoms with Crippen LogP contribution in [0.4, 0.5) is 0 Å². The van der Waals surface area contributed by atoms with E-state index in [1.807, 2.05) is 4.57 Å². The molecule has 0 unspecified atom stereocenters. The van der Waals surface area contributed by atoms with Gasteiger partial charge in [0.25, 0.3) is 0 Å². The maximum Gasteiger partial charge on any atom is 0.335 e. The number of nitrogens with zero attached hydrogens (tertiary/aromatic N) is 2. The molecular weight excluding hydrogens is 288 g/mol. The number of carbonyl (C=O) groups is 1. The van der Waals surface area contributed by atoms with Gasteiger partial charge in [-0.05, 0) is 36.4 Å². The molecule has 0 aliphatic rings. The highest BCUT2D eigenvalue weighted by molar-refractivity contribution is 6.31. The van der Waals surface area contributed by atoms with Crippen molar-refractivity contribution < 1.29 is 9.90 Å². The molecule has 0 aliphatic carbocycles. The van der Waals surface area contributed by atoms with E-state index >= 15 is 0 Å². The molecule has 0 fully saturated rings. The molecule has 3 aromatic rings. The second kappa shape index (κ2) is 4.97. The van der Waals surface area contributed by atoms with Crippen LogP contribution in [0.2, 0.25) is 5.02 Å². The Morgan fingerprint density at radius 1 is 1.19 bits per heavy atom. The van der Waals surface area contributed by atoms with Crippen LogP contribution in [0.3, 0.4) is 0 Å². The van der Waals surface area contributed by atoms with Gasteiger partial charge in [0.1, 0.15) is 6.07 Å². The van der Waals surface area contributed by atoms with Crippen LogP contribution in [0.1, 0.15) is 15.9 Å². The fourth-order valence-electron chi connectivity index (χ4n) is 2.27. The van der Waals surface area contributed by atoms with E-state index in [2.05, 4.69) is 6.07 Å². The van der Waals surface area contributed by atoms with Crippen LogP contribution in [0.5, 0.6) is 0 Å². The first kappa shape index (κ1) is 13.2. The van der Waals surface area contributed by atoms with Crippen molar-refractivity contribution in [1.82, 2.24) is 4.57 Å². The van der Waals surface area contributed by atoms with E-state index in [4.69, 9.17) is 16.7 Å². The van der Waals surface area contributed by atoms with E-state index in [1.165, 1.54) is 12.1 Å². The lowest BCUT2D eigenvalue weighted by Crippen LogP contribution is -1.97. The Balaban J connectivity index is 2.22. The van der Waals surface area contributed by atoms with Crippen LogP contribution < -0.4 is 0 Å². The summed E-state index contributed by atoms with van der Waals surface area (Å²) in [5.41, 5.74) is 2.34. The van der Waals surface area contributed by atoms with E-state index < -0.39 is 5.97 Å². The van der Waals surface area contributed by atoms with Gasteiger partial charge in [-0.15, -0.1) is 0 Å². The smallest absolute Gasteiger partial charge is 0.335 e. The van der Waals surface area contributed by atoms with E-state index in [9.17, 15) is 10.1 Å². The first-order valence-corrected chi connectivity index (χ1v) is 6.52. The van der Waals surface area contributed by atoms with Gasteiger partial charge in [0.15, 0.2) is 0 Å². The van der Waals surface area contributed by atoms with E-state index in [1.54, 1.807) is 36.5 Å². The fourth-order valence-corrected chi connectivity index (χ4v) is 2.43. The zero-order valence-corrected chi connectivity index (χ0v) is 11.5. The normalized spacial score (nSPS) is 10.5. The molecule has 1 aromatic heterocycles. The Labute approximate surface area is 125 Å². The molecule has 0 saturated carbocycles. The molecule has 0 atom stereocenters. The number of carboxylic acid groups (broad SMARTS) is 1. The average Bonchev–Trinajstić information content (AvgIpc) is 2.85. The van der Waals surface area contributed by atoms with Gasteiger partial charge in [0.05, 0.1) is 16.6 Å². The molecule has 0 radical (unpaired) electrons. The number of nitriles is 1. The summed E-state index contributed by atoms with van der Waals surface area (Å²) in [4.78, 5) is 10.9. The molecule has 1 heterocycles. The first-order chi connectivity index (χ1) is 10.1. The highest BCUT2D eigenvalue weighted by Gasteiger charge is 2.11. The molecule has 0 saturated heterocycles. The number of carboxylic acids is 1. The maximum absolute atomic E-state index is 10.9. The number of hydrogen-bond acceptors (Lipinski definition) is 2. The molecule has 0 bridgehead atoms. The summed E-state index contributed by atoms with van der Waals surface area (Å²) in [6.45, 7) is 0. The van der Waals surface area contributed by atoms with Crippen molar-refractivity contribution in [3.8, 4) is 11.8 Å². The predicted octanol–water partition coefficient (Wildman–Crippen LogP) is 3.85. The third-order valence-corrected chi connectivity index (χ3v) is 3.52. The Kier molecular flexibility index (Phi) is 3.13. The quantitative estimate of drug-likeness (QED) is 0.781. The van der Waals surface area contributed by atoms with Crippen molar-refractivity contribution in [1.29, 1.82) is 5.26 Å². The van der Waals surface area contributed by atoms with Crippen LogP contribution in [0, 0.1) is 11.3 Å². The fraction of sp³-hybridized carbons (Fsp3) is 0. The zero-order chi connectivity index (χ0) is 15.0. The van der Waals surface area contributed by atoms with Crippen molar-refractivity contribution in [2.45, 2.75) is 0 Å². The monoisotopic (exact) mass is 296 g/mol. The largest absolute Gasteiger partial charge is 0.478 e. The van der Waals surface area contributed by atoms with Gasteiger partial charge in [-0.1, -0.05) is 17.7 Å². The van der Waals surface area contributed by atoms with Gasteiger partial charge in [0.2, 0.25) is 0 Å². The number of aromatic nitrogens is 1. The third-order valence-electron chi connectivity index (χ3n) is 3.28. The number of fused-ring (bicyclic) bond motifs is 1. The van der Waals surface area contributed by atoms with Crippen molar-refractivity contribution >= 4 is 28.5 Å². The second-order valence-corrected chi connectivity index (χ2v) is 4.97. The molecule has 0 aliphatic heterocycles. The number of aromatic carboxylic acids is 1. The minimum Gasteiger partial charge on any atom is -0.478 e. The predicted molar refractivity (Wildman–Crippen MR) is 80.0 cm³/mol. The Morgan fingerprint density at radius 2 is 1.90 bits per heavy atom. The number of hydrogen-bond donors (Lipinski definition) is 1. The molecule has 0 amide bonds. The summed E-state index contributed by atoms with van der Waals surface area (Å²) < 4.78 is 1.82. The molecule has 102 valence electrons. The van der Waals surface area contributed by atoms with E-state index in [-0.39, 0.29) is 5.56 Å². The number of rotatable bonds is 2. The molecular formula is C16H9ClN2O2. The Morgan fingerprint density at radius 3 is 2.52 bits per heavy atom. The number of benzene rings is 2. The highest BCUT2D eigenvalue weighted by atomic mass is 35.5. The van der Waals surface area contributed by atoms with Gasteiger partial charge in [-0.25, -0.2) is 4.79 Å². The van der Waals surface area contributed by atoms with Crippen molar-refractivity contribution in [2.24, 2.45) is 0 Å². The minimum atomic E-state index is -0.973. The van der Waals surface area contributed by atoms with E-state index in [0.717, 1.165) is 16.6 Å². The SMILES string of the molecule is N#Cc1cn(-c2ccc(C(=O)O)cc2)c2cc(Cl)ccc12. The summed E-state index contributed by atoms with van der Waals surface area (Å²) >= 11 is 6.02. The average molecular weight is 297 g/mol. The third kappa shape index (κ3) is 2.24. The van der Waals surface area contributed by atoms with Gasteiger partial charge in [-0.3, -0.25) is 0 Å². The molecule has 5 heteroatoms. The Hall–Kier alpha value is -2.77. The maximum atomic E-state index is 10.9. The summed E-state index contributed by atoms with van der Waals surface area (Å²) in [5.74, 6) is -0.973. The van der Waals surface area contributed by atoms with Crippen LogP contribution in [0.25, 0.3) is 16.6 Å². The summed E-state index contributed by atoms with van der Waals surface area (Å²) in [5, 5.41) is 19.5. The molecule has 0 spiro atoms. The summed E-state index contributed by atoms with van der Waals surface area (Å²) in [6.07, 6.45) is 1.72. The van der Waals surface area contributed by atoms with Gasteiger partial charge < -0.3 is 9.67 Å². The topological polar surface area (TPSA) is 66.0 Å². The molecule has 4 nitrogen and oxygen atoms in total. The number of halogens is 1. The van der Waals surface area contributed by atoms with Gasteiger partial charge in [0, 0.05) is 22.3 Å². The second-order valence-electron chi connectivity index (χ2n) is 4.54. The summed E-state index contributed by atoms with van der Waals surface area (Å²) in [6, 6.07) is 13.9. The molecule has 21 heavy (non-hydrogen) atoms. The lowest BCUT2D eigenvalue weighted by molar-refractivity contribution is 0.0697. The van der Waals surface area contributed by atoms with Crippen LogP contribution in [-0.2, 0) is 0 Å². The molecule has 3 rings (SSSR count). The van der Waals surface area contributed by atoms with Crippen LogP contribution in [-0.4, -0.2) is 15.6 Å². The standard InChI is InChI=1S/C16H9ClN2O2/c17-12-3-6-14-11(8-18)9-19(15(14)7-12)13-4-1-10(2-5-13)16(20)21/h1-7,9H,(H,20,21). The lowest BCUT2D eigenvalue weighted by atomic mass is 10.2. The zero-order valence-electron chi connectivity index (χ0n) is 10.7. The van der Waals surface area contributed by atoms with Gasteiger partial charge >= 0.3 is 5.97 Å². The Bertz CT molecular complexity index is 889. The van der Waals surface area contributed by atoms with Crippen LogP contribution >= 0.6 is 11.6 Å². The van der Waals surface area contributed by atoms with Crippen molar-refractivity contribution in [2.75, 3.05) is 0 Å². The van der Waals surface area contributed by atoms with Crippen molar-refractivity contribution in [3.63, 3.8) is 0 Å². The van der Waals surface area contributed by atoms with Crippen molar-refractivity contribution in [3.05, 3.63) is 64.8 Å². The minimum absolute atomic E-state index is 0.216. The van der Waals surface area contributed by atoms with Gasteiger partial charge in [-0.2, -0.15) is 5.26 Å². The molecule has 2 aromatic carbocycles. The first-order valence-electron chi connectivity index (χ1n) is 6.14.